The Labute approximate surface area is 130 Å². The van der Waals surface area contributed by atoms with Crippen LogP contribution in [0.25, 0.3) is 0 Å². The molecular formula is C13H19ClF2N2O2S. The third-order valence-electron chi connectivity index (χ3n) is 3.39. The molecule has 1 fully saturated rings. The third kappa shape index (κ3) is 3.71. The van der Waals surface area contributed by atoms with Gasteiger partial charge in [0.05, 0.1) is 0 Å². The first-order chi connectivity index (χ1) is 9.48. The lowest BCUT2D eigenvalue weighted by Crippen LogP contribution is -2.42. The average Bonchev–Trinajstić information content (AvgIpc) is 2.92. The van der Waals surface area contributed by atoms with Gasteiger partial charge >= 0.3 is 0 Å². The predicted octanol–water partition coefficient (Wildman–Crippen LogP) is 2.15. The van der Waals surface area contributed by atoms with E-state index < -0.39 is 26.6 Å². The molecule has 0 radical (unpaired) electrons. The number of nitrogens with zero attached hydrogens (tertiary/aromatic N) is 1. The number of benzene rings is 1. The SMILES string of the molecule is CCCN(C1CCNC1)S(=O)(=O)c1cccc(F)c1F.Cl. The third-order valence-corrected chi connectivity index (χ3v) is 5.36. The van der Waals surface area contributed by atoms with Gasteiger partial charge in [0.15, 0.2) is 11.6 Å². The fourth-order valence-electron chi connectivity index (χ4n) is 2.41. The van der Waals surface area contributed by atoms with Crippen molar-refractivity contribution in [1.29, 1.82) is 0 Å². The molecule has 8 heteroatoms. The lowest BCUT2D eigenvalue weighted by atomic mass is 10.2. The molecule has 0 saturated carbocycles. The van der Waals surface area contributed by atoms with Gasteiger partial charge in [0.1, 0.15) is 4.90 Å². The van der Waals surface area contributed by atoms with E-state index in [9.17, 15) is 17.2 Å². The van der Waals surface area contributed by atoms with Crippen molar-refractivity contribution in [1.82, 2.24) is 9.62 Å². The zero-order chi connectivity index (χ0) is 14.8. The molecule has 0 aliphatic carbocycles. The second-order valence-corrected chi connectivity index (χ2v) is 6.67. The highest BCUT2D eigenvalue weighted by Crippen LogP contribution is 2.24. The molecule has 1 aliphatic rings. The monoisotopic (exact) mass is 340 g/mol. The van der Waals surface area contributed by atoms with E-state index >= 15 is 0 Å². The summed E-state index contributed by atoms with van der Waals surface area (Å²) in [7, 11) is -4.02. The Morgan fingerprint density at radius 1 is 1.38 bits per heavy atom. The van der Waals surface area contributed by atoms with Crippen molar-refractivity contribution in [2.75, 3.05) is 19.6 Å². The molecule has 0 spiro atoms. The first-order valence-electron chi connectivity index (χ1n) is 6.65. The Morgan fingerprint density at radius 2 is 2.10 bits per heavy atom. The highest BCUT2D eigenvalue weighted by molar-refractivity contribution is 7.89. The molecule has 1 aromatic carbocycles. The van der Waals surface area contributed by atoms with Crippen molar-refractivity contribution < 1.29 is 17.2 Å². The van der Waals surface area contributed by atoms with Crippen LogP contribution in [0.15, 0.2) is 23.1 Å². The predicted molar refractivity (Wildman–Crippen MR) is 79.1 cm³/mol. The van der Waals surface area contributed by atoms with Gasteiger partial charge in [-0.2, -0.15) is 4.31 Å². The van der Waals surface area contributed by atoms with Crippen LogP contribution in [0.5, 0.6) is 0 Å². The van der Waals surface area contributed by atoms with Crippen LogP contribution in [0.2, 0.25) is 0 Å². The molecular weight excluding hydrogens is 322 g/mol. The molecule has 1 saturated heterocycles. The van der Waals surface area contributed by atoms with Crippen molar-refractivity contribution in [3.8, 4) is 0 Å². The molecule has 1 heterocycles. The van der Waals surface area contributed by atoms with Crippen LogP contribution in [-0.2, 0) is 10.0 Å². The lowest BCUT2D eigenvalue weighted by molar-refractivity contribution is 0.332. The summed E-state index contributed by atoms with van der Waals surface area (Å²) in [6, 6.07) is 3.03. The molecule has 21 heavy (non-hydrogen) atoms. The topological polar surface area (TPSA) is 49.4 Å². The van der Waals surface area contributed by atoms with E-state index in [-0.39, 0.29) is 18.4 Å². The van der Waals surface area contributed by atoms with Crippen molar-refractivity contribution >= 4 is 22.4 Å². The minimum Gasteiger partial charge on any atom is -0.315 e. The molecule has 1 atom stereocenters. The summed E-state index contributed by atoms with van der Waals surface area (Å²) < 4.78 is 53.5. The summed E-state index contributed by atoms with van der Waals surface area (Å²) in [5.41, 5.74) is 0. The van der Waals surface area contributed by atoms with Gasteiger partial charge < -0.3 is 5.32 Å². The van der Waals surface area contributed by atoms with E-state index in [0.29, 0.717) is 25.9 Å². The van der Waals surface area contributed by atoms with Crippen LogP contribution in [-0.4, -0.2) is 38.4 Å². The Bertz CT molecular complexity index is 578. The van der Waals surface area contributed by atoms with E-state index in [1.165, 1.54) is 10.4 Å². The van der Waals surface area contributed by atoms with Gasteiger partial charge in [0, 0.05) is 19.1 Å². The number of nitrogens with one attached hydrogen (secondary N) is 1. The zero-order valence-corrected chi connectivity index (χ0v) is 13.3. The fourth-order valence-corrected chi connectivity index (χ4v) is 4.24. The summed E-state index contributed by atoms with van der Waals surface area (Å²) in [4.78, 5) is -0.585. The second kappa shape index (κ2) is 7.49. The van der Waals surface area contributed by atoms with E-state index in [0.717, 1.165) is 18.7 Å². The molecule has 0 bridgehead atoms. The Morgan fingerprint density at radius 3 is 2.67 bits per heavy atom. The maximum Gasteiger partial charge on any atom is 0.246 e. The molecule has 120 valence electrons. The zero-order valence-electron chi connectivity index (χ0n) is 11.7. The van der Waals surface area contributed by atoms with E-state index in [1.54, 1.807) is 0 Å². The Balaban J connectivity index is 0.00000220. The Hall–Kier alpha value is -0.760. The van der Waals surface area contributed by atoms with Gasteiger partial charge in [0.25, 0.3) is 0 Å². The maximum absolute atomic E-state index is 13.8. The van der Waals surface area contributed by atoms with E-state index in [4.69, 9.17) is 0 Å². The van der Waals surface area contributed by atoms with Crippen molar-refractivity contribution in [2.45, 2.75) is 30.7 Å². The highest BCUT2D eigenvalue weighted by atomic mass is 35.5. The smallest absolute Gasteiger partial charge is 0.246 e. The van der Waals surface area contributed by atoms with Crippen molar-refractivity contribution in [3.05, 3.63) is 29.8 Å². The standard InChI is InChI=1S/C13H18F2N2O2S.ClH/c1-2-8-17(10-6-7-16-9-10)20(18,19)12-5-3-4-11(14)13(12)15;/h3-5,10,16H,2,6-9H2,1H3;1H. The van der Waals surface area contributed by atoms with Gasteiger partial charge in [-0.15, -0.1) is 12.4 Å². The van der Waals surface area contributed by atoms with Crippen LogP contribution in [0.1, 0.15) is 19.8 Å². The number of rotatable bonds is 5. The highest BCUT2D eigenvalue weighted by Gasteiger charge is 2.34. The number of hydrogen-bond donors (Lipinski definition) is 1. The normalized spacial score (nSPS) is 18.8. The summed E-state index contributed by atoms with van der Waals surface area (Å²) in [5.74, 6) is -2.45. The molecule has 4 nitrogen and oxygen atoms in total. The van der Waals surface area contributed by atoms with Gasteiger partial charge in [-0.1, -0.05) is 13.0 Å². The van der Waals surface area contributed by atoms with Crippen molar-refractivity contribution in [2.24, 2.45) is 0 Å². The molecule has 0 amide bonds. The van der Waals surface area contributed by atoms with Crippen LogP contribution in [0, 0.1) is 11.6 Å². The molecule has 0 aromatic heterocycles. The fraction of sp³-hybridized carbons (Fsp3) is 0.538. The summed E-state index contributed by atoms with van der Waals surface area (Å²) >= 11 is 0. The van der Waals surface area contributed by atoms with Crippen molar-refractivity contribution in [3.63, 3.8) is 0 Å². The molecule has 2 rings (SSSR count). The van der Waals surface area contributed by atoms with E-state index in [2.05, 4.69) is 5.32 Å². The van der Waals surface area contributed by atoms with Gasteiger partial charge in [-0.05, 0) is 31.5 Å². The number of sulfonamides is 1. The molecule has 1 unspecified atom stereocenters. The number of halogens is 3. The largest absolute Gasteiger partial charge is 0.315 e. The van der Waals surface area contributed by atoms with Crippen LogP contribution in [0.4, 0.5) is 8.78 Å². The minimum absolute atomic E-state index is 0. The minimum atomic E-state index is -4.02. The quantitative estimate of drug-likeness (QED) is 0.893. The molecule has 1 aliphatic heterocycles. The molecule has 1 N–H and O–H groups in total. The van der Waals surface area contributed by atoms with Gasteiger partial charge in [-0.25, -0.2) is 17.2 Å². The van der Waals surface area contributed by atoms with Crippen LogP contribution >= 0.6 is 12.4 Å². The number of hydrogen-bond acceptors (Lipinski definition) is 3. The first kappa shape index (κ1) is 18.3. The summed E-state index contributed by atoms with van der Waals surface area (Å²) in [5, 5.41) is 3.09. The van der Waals surface area contributed by atoms with Crippen LogP contribution < -0.4 is 5.32 Å². The molecule has 1 aromatic rings. The van der Waals surface area contributed by atoms with Gasteiger partial charge in [0.2, 0.25) is 10.0 Å². The second-order valence-electron chi connectivity index (χ2n) is 4.81. The lowest BCUT2D eigenvalue weighted by Gasteiger charge is -2.27. The first-order valence-corrected chi connectivity index (χ1v) is 8.09. The average molecular weight is 341 g/mol. The van der Waals surface area contributed by atoms with Crippen LogP contribution in [0.3, 0.4) is 0 Å². The summed E-state index contributed by atoms with van der Waals surface area (Å²) in [6.45, 7) is 3.42. The van der Waals surface area contributed by atoms with E-state index in [1.807, 2.05) is 6.92 Å². The Kier molecular flexibility index (Phi) is 6.52. The maximum atomic E-state index is 13.8. The summed E-state index contributed by atoms with van der Waals surface area (Å²) in [6.07, 6.45) is 1.29. The van der Waals surface area contributed by atoms with Gasteiger partial charge in [-0.3, -0.25) is 0 Å².